The van der Waals surface area contributed by atoms with Crippen LogP contribution in [0.1, 0.15) is 109 Å². The fourth-order valence-corrected chi connectivity index (χ4v) is 8.44. The number of unbranched alkanes of at least 4 members (excludes halogenated alkanes) is 5. The van der Waals surface area contributed by atoms with Crippen molar-refractivity contribution in [2.24, 2.45) is 29.2 Å². The third kappa shape index (κ3) is 27.3. The molecule has 23 heteroatoms. The number of benzene rings is 1. The molecule has 0 radical (unpaired) electrons. The third-order valence-electron chi connectivity index (χ3n) is 11.6. The van der Waals surface area contributed by atoms with E-state index in [-0.39, 0.29) is 75.4 Å². The molecule has 1 aromatic heterocycles. The van der Waals surface area contributed by atoms with Crippen LogP contribution < -0.4 is 22.1 Å². The van der Waals surface area contributed by atoms with Crippen LogP contribution in [-0.4, -0.2) is 147 Å². The van der Waals surface area contributed by atoms with Crippen molar-refractivity contribution in [3.63, 3.8) is 0 Å². The van der Waals surface area contributed by atoms with Crippen LogP contribution in [0.3, 0.4) is 0 Å². The Labute approximate surface area is 422 Å². The number of rotatable bonds is 41. The first-order valence-electron chi connectivity index (χ1n) is 24.4. The monoisotopic (exact) mass is 1040 g/mol. The number of aliphatic hydroxyl groups excluding tert-OH is 1. The quantitative estimate of drug-likeness (QED) is 0.0263. The van der Waals surface area contributed by atoms with Crippen molar-refractivity contribution in [3.8, 4) is 0 Å². The summed E-state index contributed by atoms with van der Waals surface area (Å²) in [6, 6.07) is 7.00. The molecule has 1 heterocycles. The molecule has 0 unspecified atom stereocenters. The number of carbonyl (C=O) groups is 7. The van der Waals surface area contributed by atoms with E-state index in [1.165, 1.54) is 22.9 Å². The highest BCUT2D eigenvalue weighted by Crippen LogP contribution is 2.39. The lowest BCUT2D eigenvalue weighted by Crippen LogP contribution is -2.50. The smallest absolute Gasteiger partial charge is 0.394 e. The van der Waals surface area contributed by atoms with Gasteiger partial charge in [0.15, 0.2) is 11.6 Å². The summed E-state index contributed by atoms with van der Waals surface area (Å²) in [5, 5.41) is 15.4. The van der Waals surface area contributed by atoms with Crippen molar-refractivity contribution in [2.45, 2.75) is 135 Å². The Morgan fingerprint density at radius 2 is 1.48 bits per heavy atom. The van der Waals surface area contributed by atoms with Gasteiger partial charge in [-0.1, -0.05) is 69.9 Å². The second kappa shape index (κ2) is 34.9. The van der Waals surface area contributed by atoms with Crippen LogP contribution in [0.5, 0.6) is 0 Å². The zero-order valence-electron chi connectivity index (χ0n) is 41.4. The number of H-pyrrole nitrogens is 1. The van der Waals surface area contributed by atoms with Crippen molar-refractivity contribution in [1.82, 2.24) is 25.5 Å². The van der Waals surface area contributed by atoms with Gasteiger partial charge in [0.2, 0.25) is 23.6 Å². The lowest BCUT2D eigenvalue weighted by molar-refractivity contribution is -0.138. The maximum absolute atomic E-state index is 14.1. The Morgan fingerprint density at radius 3 is 2.08 bits per heavy atom. The molecule has 21 nitrogen and oxygen atoms in total. The van der Waals surface area contributed by atoms with E-state index in [0.29, 0.717) is 31.8 Å². The van der Waals surface area contributed by atoms with Gasteiger partial charge >= 0.3 is 7.82 Å². The number of hydrogen-bond acceptors (Lipinski definition) is 15. The number of imidazole rings is 1. The molecule has 0 saturated carbocycles. The number of nitrogens with two attached hydrogens (primary N) is 2. The number of nitrogens with one attached hydrogen (secondary N) is 3. The van der Waals surface area contributed by atoms with Crippen molar-refractivity contribution >= 4 is 61.4 Å². The Bertz CT molecular complexity index is 1960. The number of nitrogens with zero attached hydrogens (tertiary/aromatic N) is 2. The molecule has 400 valence electrons. The van der Waals surface area contributed by atoms with E-state index in [2.05, 4.69) is 49.9 Å². The Hall–Kier alpha value is -4.38. The van der Waals surface area contributed by atoms with Gasteiger partial charge in [-0.3, -0.25) is 38.1 Å². The average molecular weight is 1040 g/mol. The van der Waals surface area contributed by atoms with Crippen LogP contribution in [0.25, 0.3) is 0 Å². The second-order valence-corrected chi connectivity index (χ2v) is 19.6. The molecule has 4 amide bonds. The van der Waals surface area contributed by atoms with E-state index in [1.807, 2.05) is 32.0 Å². The van der Waals surface area contributed by atoms with E-state index in [9.17, 15) is 53.0 Å². The maximum atomic E-state index is 14.1. The number of primary amides is 1. The summed E-state index contributed by atoms with van der Waals surface area (Å²) in [4.78, 5) is 120. The van der Waals surface area contributed by atoms with E-state index in [1.54, 1.807) is 0 Å². The molecule has 0 aliphatic carbocycles. The molecule has 0 saturated heterocycles. The fourth-order valence-electron chi connectivity index (χ4n) is 7.66. The van der Waals surface area contributed by atoms with E-state index < -0.39 is 92.6 Å². The summed E-state index contributed by atoms with van der Waals surface area (Å²) in [7, 11) is -5.08. The molecule has 0 aliphatic heterocycles. The first-order chi connectivity index (χ1) is 33.7. The molecular weight excluding hydrogens is 962 g/mol. The lowest BCUT2D eigenvalue weighted by Gasteiger charge is -2.26. The number of aromatic nitrogens is 2. The van der Waals surface area contributed by atoms with Crippen molar-refractivity contribution in [2.75, 3.05) is 51.9 Å². The number of aromatic amines is 1. The summed E-state index contributed by atoms with van der Waals surface area (Å²) in [6.07, 6.45) is 7.71. The van der Waals surface area contributed by atoms with Crippen molar-refractivity contribution < 1.29 is 67.0 Å². The van der Waals surface area contributed by atoms with Gasteiger partial charge in [0.1, 0.15) is 17.6 Å². The Morgan fingerprint density at radius 1 is 0.831 bits per heavy atom. The van der Waals surface area contributed by atoms with Gasteiger partial charge in [0.25, 0.3) is 0 Å². The van der Waals surface area contributed by atoms with Crippen LogP contribution >= 0.6 is 20.5 Å². The standard InChI is InChI=1S/C48H78N7O14PS/c1-33(2)26-39(42(58)27-36(28-44-51-19-20-52-44)48(63)54-40(31-56)43(59)29-37(47(50)62)34(3)69-70(64,65)66)53-45(60)30-55(21-12-7-5-4-6-9-14-35-15-10-8-11-16-35)46(61)18-23-68-25-24-67-22-13-17-41(57)38(49)32-71/h8,10-11,15-16,19-20,33-34,36-40,56,71H,4-7,9,12-14,17-18,21-32,49H2,1-3H3,(H2,50,62)(H,51,52)(H,53,60)(H,54,63)(H2,64,65,66)/t34-,36+,37+,38+,39+,40+/m1/s1. The predicted octanol–water partition coefficient (Wildman–Crippen LogP) is 2.54. The minimum absolute atomic E-state index is 0.0124. The topological polar surface area (TPSA) is 333 Å². The number of ketones is 3. The number of phosphoric acid groups is 1. The number of aliphatic hydroxyl groups is 1. The fraction of sp³-hybridized carbons (Fsp3) is 0.667. The van der Waals surface area contributed by atoms with E-state index in [4.69, 9.17) is 20.9 Å². The second-order valence-electron chi connectivity index (χ2n) is 18.1. The highest BCUT2D eigenvalue weighted by atomic mass is 32.1. The van der Waals surface area contributed by atoms with Gasteiger partial charge in [0, 0.05) is 57.0 Å². The summed E-state index contributed by atoms with van der Waals surface area (Å²) in [5.41, 5.74) is 12.4. The number of phosphoric ester groups is 1. The number of carbonyl (C=O) groups excluding carboxylic acids is 7. The van der Waals surface area contributed by atoms with Gasteiger partial charge < -0.3 is 56.4 Å². The molecule has 0 spiro atoms. The van der Waals surface area contributed by atoms with Crippen molar-refractivity contribution in [1.29, 1.82) is 0 Å². The number of hydrogen-bond donors (Lipinski definition) is 9. The van der Waals surface area contributed by atoms with Gasteiger partial charge in [-0.15, -0.1) is 0 Å². The molecule has 71 heavy (non-hydrogen) atoms. The van der Waals surface area contributed by atoms with E-state index in [0.717, 1.165) is 45.4 Å². The zero-order valence-corrected chi connectivity index (χ0v) is 43.2. The van der Waals surface area contributed by atoms with Gasteiger partial charge in [-0.05, 0) is 50.5 Å². The predicted molar refractivity (Wildman–Crippen MR) is 267 cm³/mol. The Balaban J connectivity index is 2.13. The summed E-state index contributed by atoms with van der Waals surface area (Å²) in [6.45, 7) is 4.75. The number of ether oxygens (including phenoxy) is 2. The van der Waals surface area contributed by atoms with Gasteiger partial charge in [0.05, 0.1) is 69.4 Å². The van der Waals surface area contributed by atoms with Crippen molar-refractivity contribution in [3.05, 3.63) is 54.1 Å². The minimum atomic E-state index is -5.08. The van der Waals surface area contributed by atoms with Gasteiger partial charge in [-0.2, -0.15) is 12.6 Å². The summed E-state index contributed by atoms with van der Waals surface area (Å²) < 4.78 is 27.1. The zero-order chi connectivity index (χ0) is 52.8. The van der Waals surface area contributed by atoms with Crippen LogP contribution in [0, 0.1) is 17.8 Å². The highest BCUT2D eigenvalue weighted by molar-refractivity contribution is 7.80. The minimum Gasteiger partial charge on any atom is -0.394 e. The number of thiol groups is 1. The normalized spacial score (nSPS) is 14.2. The molecular formula is C48H78N7O14PS. The molecule has 10 N–H and O–H groups in total. The molecule has 1 aromatic carbocycles. The maximum Gasteiger partial charge on any atom is 0.469 e. The van der Waals surface area contributed by atoms with Crippen LogP contribution in [0.4, 0.5) is 0 Å². The summed E-state index contributed by atoms with van der Waals surface area (Å²) >= 11 is 4.04. The SMILES string of the molecule is CC(C)C[C@H](NC(=O)CN(CCCCCCCCc1ccccc1)C(=O)CCOCCOCCCC(=O)[C@@H](N)CS)C(=O)C[C@@H](Cc1ncc[nH]1)C(=O)N[C@@H](CO)C(=O)C[C@H](C(N)=O)[C@@H](C)OP(=O)(O)O. The highest BCUT2D eigenvalue weighted by Gasteiger charge is 2.36. The van der Waals surface area contributed by atoms with Gasteiger partial charge in [-0.25, -0.2) is 9.55 Å². The van der Waals surface area contributed by atoms with E-state index >= 15 is 0 Å². The molecule has 0 bridgehead atoms. The molecule has 0 aliphatic rings. The Kier molecular flexibility index (Phi) is 30.8. The molecule has 0 fully saturated rings. The number of Topliss-reactive ketones (excluding diaryl/α,β-unsaturated/α-hetero) is 3. The molecule has 6 atom stereocenters. The number of amides is 4. The average Bonchev–Trinajstić information content (AvgIpc) is 3.84. The molecule has 2 aromatic rings. The molecule has 2 rings (SSSR count). The largest absolute Gasteiger partial charge is 0.469 e. The van der Waals surface area contributed by atoms with Crippen LogP contribution in [0.2, 0.25) is 0 Å². The first-order valence-corrected chi connectivity index (χ1v) is 26.5. The van der Waals surface area contributed by atoms with Crippen LogP contribution in [-0.2, 0) is 65.0 Å². The lowest BCUT2D eigenvalue weighted by atomic mass is 9.90. The first kappa shape index (κ1) is 62.7. The number of aryl methyl sites for hydroxylation is 1. The third-order valence-corrected chi connectivity index (χ3v) is 12.6. The van der Waals surface area contributed by atoms with Crippen LogP contribution in [0.15, 0.2) is 42.7 Å². The summed E-state index contributed by atoms with van der Waals surface area (Å²) in [5.74, 6) is -6.56.